The molecule has 12 heteroatoms. The van der Waals surface area contributed by atoms with Crippen LogP contribution < -0.4 is 16.3 Å². The fourth-order valence-electron chi connectivity index (χ4n) is 2.41. The highest BCUT2D eigenvalue weighted by Crippen LogP contribution is 2.16. The minimum Gasteiger partial charge on any atom is -0.465 e. The van der Waals surface area contributed by atoms with E-state index < -0.39 is 41.1 Å². The highest BCUT2D eigenvalue weighted by molar-refractivity contribution is 6.32. The predicted molar refractivity (Wildman–Crippen MR) is 102 cm³/mol. The van der Waals surface area contributed by atoms with Gasteiger partial charge in [0.25, 0.3) is 0 Å². The summed E-state index contributed by atoms with van der Waals surface area (Å²) in [6.45, 7) is 1.95. The van der Waals surface area contributed by atoms with Gasteiger partial charge in [-0.1, -0.05) is 0 Å². The maximum Gasteiger partial charge on any atom is 0.374 e. The number of ketones is 1. The highest BCUT2D eigenvalue weighted by Gasteiger charge is 2.35. The third kappa shape index (κ3) is 5.77. The largest absolute Gasteiger partial charge is 0.465 e. The minimum absolute atomic E-state index is 0.0529. The zero-order valence-electron chi connectivity index (χ0n) is 16.2. The Morgan fingerprint density at radius 1 is 1.03 bits per heavy atom. The van der Waals surface area contributed by atoms with Gasteiger partial charge >= 0.3 is 17.6 Å². The molecular weight excluding hydrogens is 400 g/mol. The monoisotopic (exact) mass is 420 g/mol. The number of amides is 2. The van der Waals surface area contributed by atoms with Gasteiger partial charge in [-0.2, -0.15) is 0 Å². The van der Waals surface area contributed by atoms with Crippen LogP contribution in [0.25, 0.3) is 11.0 Å². The molecule has 1 heterocycles. The van der Waals surface area contributed by atoms with Crippen molar-refractivity contribution in [2.45, 2.75) is 13.8 Å². The Hall–Kier alpha value is -3.96. The molecule has 1 atom stereocenters. The lowest BCUT2D eigenvalue weighted by Crippen LogP contribution is -2.44. The van der Waals surface area contributed by atoms with Crippen LogP contribution in [0.5, 0.6) is 0 Å². The maximum absolute atomic E-state index is 12.6. The highest BCUT2D eigenvalue weighted by atomic mass is 16.5. The van der Waals surface area contributed by atoms with Crippen molar-refractivity contribution >= 4 is 46.3 Å². The summed E-state index contributed by atoms with van der Waals surface area (Å²) in [5.41, 5.74) is 0.739. The number of carbonyl (C=O) groups excluding carboxylic acids is 5. The van der Waals surface area contributed by atoms with E-state index >= 15 is 0 Å². The van der Waals surface area contributed by atoms with Crippen molar-refractivity contribution in [3.8, 4) is 0 Å². The second-order valence-corrected chi connectivity index (χ2v) is 6.00. The molecule has 0 fully saturated rings. The molecule has 1 unspecified atom stereocenters. The van der Waals surface area contributed by atoms with Crippen LogP contribution in [0, 0.1) is 5.92 Å². The maximum atomic E-state index is 12.6. The van der Waals surface area contributed by atoms with Crippen molar-refractivity contribution in [1.82, 2.24) is 15.3 Å². The number of aromatic nitrogens is 2. The van der Waals surface area contributed by atoms with E-state index in [1.165, 1.54) is 25.1 Å². The number of anilines is 1. The quantitative estimate of drug-likeness (QED) is 0.177. The Kier molecular flexibility index (Phi) is 7.44. The van der Waals surface area contributed by atoms with Gasteiger partial charge in [-0.05, 0) is 25.1 Å². The van der Waals surface area contributed by atoms with Gasteiger partial charge in [0.15, 0.2) is 0 Å². The zero-order valence-corrected chi connectivity index (χ0v) is 16.2. The molecule has 0 aliphatic heterocycles. The van der Waals surface area contributed by atoms with Crippen molar-refractivity contribution in [3.05, 3.63) is 28.7 Å². The average Bonchev–Trinajstić information content (AvgIpc) is 3.04. The van der Waals surface area contributed by atoms with Crippen molar-refractivity contribution in [2.24, 2.45) is 5.92 Å². The first kappa shape index (κ1) is 22.3. The average molecular weight is 420 g/mol. The van der Waals surface area contributed by atoms with E-state index in [2.05, 4.69) is 25.3 Å². The molecule has 2 rings (SSSR count). The zero-order chi connectivity index (χ0) is 22.3. The molecule has 30 heavy (non-hydrogen) atoms. The molecule has 0 bridgehead atoms. The summed E-state index contributed by atoms with van der Waals surface area (Å²) in [5, 5.41) is 4.70. The molecule has 12 nitrogen and oxygen atoms in total. The molecular formula is C18H20N4O8. The summed E-state index contributed by atoms with van der Waals surface area (Å²) in [6, 6.07) is 4.46. The Balaban J connectivity index is 2.06. The van der Waals surface area contributed by atoms with Crippen molar-refractivity contribution < 1.29 is 33.4 Å². The molecule has 0 saturated carbocycles. The number of H-pyrrole nitrogens is 2. The van der Waals surface area contributed by atoms with Crippen LogP contribution in [0.15, 0.2) is 23.0 Å². The summed E-state index contributed by atoms with van der Waals surface area (Å²) in [4.78, 5) is 75.3. The number of Topliss-reactive ketones (excluding diaryl/α,β-unsaturated/α-hetero) is 1. The molecule has 0 aliphatic rings. The molecule has 0 spiro atoms. The first-order valence-electron chi connectivity index (χ1n) is 8.88. The van der Waals surface area contributed by atoms with E-state index in [0.717, 1.165) is 6.92 Å². The van der Waals surface area contributed by atoms with Crippen LogP contribution in [-0.4, -0.2) is 59.3 Å². The van der Waals surface area contributed by atoms with Crippen LogP contribution >= 0.6 is 0 Å². The number of hydrogen-bond acceptors (Lipinski definition) is 8. The molecule has 0 aliphatic carbocycles. The number of imidazole rings is 1. The second-order valence-electron chi connectivity index (χ2n) is 6.00. The molecule has 0 radical (unpaired) electrons. The molecule has 4 N–H and O–H groups in total. The van der Waals surface area contributed by atoms with E-state index in [9.17, 15) is 28.8 Å². The van der Waals surface area contributed by atoms with E-state index in [1.54, 1.807) is 0 Å². The Morgan fingerprint density at radius 3 is 2.40 bits per heavy atom. The fourth-order valence-corrected chi connectivity index (χ4v) is 2.41. The van der Waals surface area contributed by atoms with Crippen molar-refractivity contribution in [2.75, 3.05) is 25.1 Å². The van der Waals surface area contributed by atoms with Gasteiger partial charge in [-0.25, -0.2) is 9.59 Å². The Labute approximate surface area is 169 Å². The summed E-state index contributed by atoms with van der Waals surface area (Å²) < 4.78 is 9.38. The third-order valence-corrected chi connectivity index (χ3v) is 3.75. The number of fused-ring (bicyclic) bond motifs is 1. The van der Waals surface area contributed by atoms with Gasteiger partial charge in [-0.15, -0.1) is 0 Å². The second kappa shape index (κ2) is 10.0. The summed E-state index contributed by atoms with van der Waals surface area (Å²) in [7, 11) is 0. The van der Waals surface area contributed by atoms with Crippen LogP contribution in [0.3, 0.4) is 0 Å². The molecule has 1 aromatic heterocycles. The standard InChI is InChI=1S/C18H20N4O8/c1-3-29-17(27)13(14(24)19-6-7-30-16(26)9(2)23)15(25)20-10-4-5-11-12(8-10)22-18(28)21-11/h4-5,8,13H,3,6-7H2,1-2H3,(H,19,24)(H,20,25)(H2,21,22,28). The van der Waals surface area contributed by atoms with Gasteiger partial charge < -0.3 is 30.1 Å². The number of rotatable bonds is 9. The van der Waals surface area contributed by atoms with E-state index in [-0.39, 0.29) is 25.4 Å². The SMILES string of the molecule is CCOC(=O)C(C(=O)NCCOC(=O)C(C)=O)C(=O)Nc1ccc2[nH]c(=O)[nH]c2c1. The topological polar surface area (TPSA) is 177 Å². The number of nitrogens with one attached hydrogen (secondary N) is 4. The normalized spacial score (nSPS) is 11.4. The van der Waals surface area contributed by atoms with Gasteiger partial charge in [0, 0.05) is 12.6 Å². The number of benzene rings is 1. The van der Waals surface area contributed by atoms with Gasteiger partial charge in [0.05, 0.1) is 24.2 Å². The molecule has 1 aromatic carbocycles. The Bertz CT molecular complexity index is 1040. The van der Waals surface area contributed by atoms with E-state index in [4.69, 9.17) is 4.74 Å². The number of aromatic amines is 2. The lowest BCUT2D eigenvalue weighted by atomic mass is 10.1. The van der Waals surface area contributed by atoms with Crippen LogP contribution in [0.4, 0.5) is 5.69 Å². The number of carbonyl (C=O) groups is 5. The van der Waals surface area contributed by atoms with Gasteiger partial charge in [-0.3, -0.25) is 19.2 Å². The number of hydrogen-bond donors (Lipinski definition) is 4. The molecule has 2 amide bonds. The first-order valence-corrected chi connectivity index (χ1v) is 8.88. The summed E-state index contributed by atoms with van der Waals surface area (Å²) in [6.07, 6.45) is 0. The van der Waals surface area contributed by atoms with Gasteiger partial charge in [0.2, 0.25) is 23.5 Å². The molecule has 0 saturated heterocycles. The van der Waals surface area contributed by atoms with Crippen molar-refractivity contribution in [1.29, 1.82) is 0 Å². The molecule has 160 valence electrons. The predicted octanol–water partition coefficient (Wildman–Crippen LogP) is -0.778. The Morgan fingerprint density at radius 2 is 1.73 bits per heavy atom. The number of esters is 2. The first-order chi connectivity index (χ1) is 14.2. The fraction of sp³-hybridized carbons (Fsp3) is 0.333. The van der Waals surface area contributed by atoms with Crippen molar-refractivity contribution in [3.63, 3.8) is 0 Å². The lowest BCUT2D eigenvalue weighted by Gasteiger charge is -2.15. The summed E-state index contributed by atoms with van der Waals surface area (Å²) in [5.74, 6) is -6.68. The summed E-state index contributed by atoms with van der Waals surface area (Å²) >= 11 is 0. The van der Waals surface area contributed by atoms with Crippen LogP contribution in [0.1, 0.15) is 13.8 Å². The lowest BCUT2D eigenvalue weighted by molar-refractivity contribution is -0.155. The van der Waals surface area contributed by atoms with E-state index in [1.807, 2.05) is 0 Å². The van der Waals surface area contributed by atoms with Gasteiger partial charge in [0.1, 0.15) is 6.61 Å². The number of ether oxygens (including phenoxy) is 2. The van der Waals surface area contributed by atoms with Crippen LogP contribution in [-0.2, 0) is 33.4 Å². The third-order valence-electron chi connectivity index (χ3n) is 3.75. The smallest absolute Gasteiger partial charge is 0.374 e. The molecule has 2 aromatic rings. The minimum atomic E-state index is -1.82. The van der Waals surface area contributed by atoms with Crippen LogP contribution in [0.2, 0.25) is 0 Å². The van der Waals surface area contributed by atoms with E-state index in [0.29, 0.717) is 11.0 Å².